The third-order valence-electron chi connectivity index (χ3n) is 4.74. The first-order valence-corrected chi connectivity index (χ1v) is 8.94. The first kappa shape index (κ1) is 17.9. The van der Waals surface area contributed by atoms with Gasteiger partial charge in [-0.15, -0.1) is 0 Å². The number of aryl methyl sites for hydroxylation is 1. The molecule has 144 valence electrons. The molecule has 0 fully saturated rings. The molecular weight excluding hydrogens is 358 g/mol. The average Bonchev–Trinajstić information content (AvgIpc) is 3.24. The molecule has 0 aliphatic heterocycles. The smallest absolute Gasteiger partial charge is 0.306 e. The predicted octanol–water partition coefficient (Wildman–Crippen LogP) is 2.61. The molecule has 0 spiro atoms. The van der Waals surface area contributed by atoms with Gasteiger partial charge in [-0.1, -0.05) is 0 Å². The second kappa shape index (κ2) is 6.59. The molecule has 0 radical (unpaired) electrons. The molecule has 0 aliphatic carbocycles. The summed E-state index contributed by atoms with van der Waals surface area (Å²) in [5.41, 5.74) is 3.08. The first-order chi connectivity index (χ1) is 13.4. The van der Waals surface area contributed by atoms with Crippen molar-refractivity contribution in [2.75, 3.05) is 0 Å². The molecule has 4 heterocycles. The van der Waals surface area contributed by atoms with Crippen LogP contribution in [0.1, 0.15) is 25.6 Å². The minimum Gasteiger partial charge on any atom is -0.424 e. The van der Waals surface area contributed by atoms with Crippen LogP contribution < -0.4 is 10.3 Å². The van der Waals surface area contributed by atoms with Crippen molar-refractivity contribution in [3.05, 3.63) is 46.8 Å². The van der Waals surface area contributed by atoms with Gasteiger partial charge in [-0.05, 0) is 32.9 Å². The molecule has 0 aliphatic rings. The molecule has 0 bridgehead atoms. The zero-order valence-electron chi connectivity index (χ0n) is 16.4. The SMILES string of the molecule is Cc1c(-c2ccc(Oc3nc4c(cnn4C(C)C)c(=O)n3C)cn2)cnn1C. The lowest BCUT2D eigenvalue weighted by Crippen LogP contribution is -2.20. The van der Waals surface area contributed by atoms with E-state index in [1.807, 2.05) is 33.9 Å². The topological polar surface area (TPSA) is 92.7 Å². The van der Waals surface area contributed by atoms with Gasteiger partial charge in [-0.2, -0.15) is 15.2 Å². The van der Waals surface area contributed by atoms with E-state index in [1.165, 1.54) is 4.57 Å². The van der Waals surface area contributed by atoms with E-state index in [0.717, 1.165) is 17.0 Å². The number of hydrogen-bond acceptors (Lipinski definition) is 6. The molecule has 4 rings (SSSR count). The van der Waals surface area contributed by atoms with Crippen molar-refractivity contribution in [1.82, 2.24) is 34.1 Å². The summed E-state index contributed by atoms with van der Waals surface area (Å²) in [6.07, 6.45) is 4.93. The van der Waals surface area contributed by atoms with Gasteiger partial charge in [-0.25, -0.2) is 4.68 Å². The fourth-order valence-electron chi connectivity index (χ4n) is 2.98. The van der Waals surface area contributed by atoms with E-state index >= 15 is 0 Å². The maximum atomic E-state index is 12.6. The molecule has 0 aromatic carbocycles. The Morgan fingerprint density at radius 2 is 1.86 bits per heavy atom. The minimum absolute atomic E-state index is 0.0774. The Bertz CT molecular complexity index is 1220. The monoisotopic (exact) mass is 379 g/mol. The molecule has 0 atom stereocenters. The summed E-state index contributed by atoms with van der Waals surface area (Å²) in [6, 6.07) is 3.92. The normalized spacial score (nSPS) is 11.5. The predicted molar refractivity (Wildman–Crippen MR) is 104 cm³/mol. The average molecular weight is 379 g/mol. The highest BCUT2D eigenvalue weighted by Crippen LogP contribution is 2.25. The second-order valence-electron chi connectivity index (χ2n) is 6.93. The van der Waals surface area contributed by atoms with E-state index in [0.29, 0.717) is 16.8 Å². The molecule has 4 aromatic heterocycles. The van der Waals surface area contributed by atoms with Crippen LogP contribution in [-0.4, -0.2) is 34.1 Å². The molecule has 9 heteroatoms. The van der Waals surface area contributed by atoms with Crippen LogP contribution >= 0.6 is 0 Å². The largest absolute Gasteiger partial charge is 0.424 e. The third-order valence-corrected chi connectivity index (χ3v) is 4.74. The Balaban J connectivity index is 1.70. The maximum Gasteiger partial charge on any atom is 0.306 e. The Morgan fingerprint density at radius 3 is 2.46 bits per heavy atom. The summed E-state index contributed by atoms with van der Waals surface area (Å²) < 4.78 is 10.7. The minimum atomic E-state index is -0.206. The Kier molecular flexibility index (Phi) is 4.21. The number of pyridine rings is 1. The van der Waals surface area contributed by atoms with E-state index in [2.05, 4.69) is 20.2 Å². The van der Waals surface area contributed by atoms with Crippen molar-refractivity contribution >= 4 is 11.0 Å². The number of nitrogens with zero attached hydrogens (tertiary/aromatic N) is 7. The standard InChI is InChI=1S/C19H21N7O2/c1-11(2)26-17-15(10-22-26)18(27)24(4)19(23-17)28-13-6-7-16(20-8-13)14-9-21-25(5)12(14)3/h6-11H,1-5H3. The number of ether oxygens (including phenoxy) is 1. The van der Waals surface area contributed by atoms with Gasteiger partial charge in [0.1, 0.15) is 11.1 Å². The van der Waals surface area contributed by atoms with Crippen molar-refractivity contribution in [2.45, 2.75) is 26.8 Å². The molecule has 0 amide bonds. The Morgan fingerprint density at radius 1 is 1.07 bits per heavy atom. The van der Waals surface area contributed by atoms with Crippen LogP contribution in [0.5, 0.6) is 11.8 Å². The van der Waals surface area contributed by atoms with Crippen molar-refractivity contribution in [2.24, 2.45) is 14.1 Å². The van der Waals surface area contributed by atoms with E-state index in [4.69, 9.17) is 4.74 Å². The van der Waals surface area contributed by atoms with Gasteiger partial charge < -0.3 is 4.74 Å². The molecule has 0 N–H and O–H groups in total. The van der Waals surface area contributed by atoms with Crippen LogP contribution in [0.2, 0.25) is 0 Å². The van der Waals surface area contributed by atoms with Crippen LogP contribution in [-0.2, 0) is 14.1 Å². The van der Waals surface area contributed by atoms with Gasteiger partial charge in [0.05, 0.1) is 24.3 Å². The van der Waals surface area contributed by atoms with Crippen LogP contribution in [0.15, 0.2) is 35.5 Å². The van der Waals surface area contributed by atoms with Gasteiger partial charge in [0.15, 0.2) is 5.65 Å². The second-order valence-corrected chi connectivity index (χ2v) is 6.93. The summed E-state index contributed by atoms with van der Waals surface area (Å²) in [4.78, 5) is 21.6. The summed E-state index contributed by atoms with van der Waals surface area (Å²) >= 11 is 0. The van der Waals surface area contributed by atoms with Gasteiger partial charge in [0.25, 0.3) is 5.56 Å². The lowest BCUT2D eigenvalue weighted by Gasteiger charge is -2.11. The number of fused-ring (bicyclic) bond motifs is 1. The fraction of sp³-hybridized carbons (Fsp3) is 0.316. The molecule has 28 heavy (non-hydrogen) atoms. The van der Waals surface area contributed by atoms with Crippen molar-refractivity contribution in [1.29, 1.82) is 0 Å². The fourth-order valence-corrected chi connectivity index (χ4v) is 2.98. The Labute approximate surface area is 161 Å². The first-order valence-electron chi connectivity index (χ1n) is 8.94. The van der Waals surface area contributed by atoms with Gasteiger partial charge >= 0.3 is 6.01 Å². The lowest BCUT2D eigenvalue weighted by molar-refractivity contribution is 0.412. The van der Waals surface area contributed by atoms with Gasteiger partial charge in [0.2, 0.25) is 0 Å². The number of hydrogen-bond donors (Lipinski definition) is 0. The zero-order chi connectivity index (χ0) is 20.0. The highest BCUT2D eigenvalue weighted by Gasteiger charge is 2.16. The highest BCUT2D eigenvalue weighted by molar-refractivity contribution is 5.73. The molecule has 4 aromatic rings. The summed E-state index contributed by atoms with van der Waals surface area (Å²) in [5.74, 6) is 0.489. The molecule has 0 unspecified atom stereocenters. The molecule has 0 saturated carbocycles. The summed E-state index contributed by atoms with van der Waals surface area (Å²) in [5, 5.41) is 8.97. The van der Waals surface area contributed by atoms with E-state index in [1.54, 1.807) is 41.1 Å². The molecule has 9 nitrogen and oxygen atoms in total. The number of aromatic nitrogens is 7. The van der Waals surface area contributed by atoms with Crippen LogP contribution in [0.4, 0.5) is 0 Å². The third kappa shape index (κ3) is 2.84. The van der Waals surface area contributed by atoms with Gasteiger partial charge in [-0.3, -0.25) is 19.0 Å². The van der Waals surface area contributed by atoms with Crippen molar-refractivity contribution in [3.8, 4) is 23.0 Å². The van der Waals surface area contributed by atoms with E-state index in [-0.39, 0.29) is 17.6 Å². The lowest BCUT2D eigenvalue weighted by atomic mass is 10.2. The van der Waals surface area contributed by atoms with Crippen LogP contribution in [0.3, 0.4) is 0 Å². The molecule has 0 saturated heterocycles. The van der Waals surface area contributed by atoms with Crippen molar-refractivity contribution in [3.63, 3.8) is 0 Å². The Hall–Kier alpha value is -3.49. The summed E-state index contributed by atoms with van der Waals surface area (Å²) in [6.45, 7) is 5.95. The quantitative estimate of drug-likeness (QED) is 0.541. The van der Waals surface area contributed by atoms with Crippen LogP contribution in [0, 0.1) is 6.92 Å². The molecular formula is C19H21N7O2. The van der Waals surface area contributed by atoms with E-state index < -0.39 is 0 Å². The number of rotatable bonds is 4. The van der Waals surface area contributed by atoms with E-state index in [9.17, 15) is 4.79 Å². The summed E-state index contributed by atoms with van der Waals surface area (Å²) in [7, 11) is 3.51. The van der Waals surface area contributed by atoms with Gasteiger partial charge in [0, 0.05) is 31.4 Å². The van der Waals surface area contributed by atoms with Crippen LogP contribution in [0.25, 0.3) is 22.3 Å². The highest BCUT2D eigenvalue weighted by atomic mass is 16.5. The maximum absolute atomic E-state index is 12.6. The van der Waals surface area contributed by atoms with Crippen molar-refractivity contribution < 1.29 is 4.74 Å². The zero-order valence-corrected chi connectivity index (χ0v) is 16.4.